The van der Waals surface area contributed by atoms with Crippen molar-refractivity contribution in [3.63, 3.8) is 0 Å². The van der Waals surface area contributed by atoms with E-state index in [1.807, 2.05) is 11.5 Å². The molecule has 2 heterocycles. The Balaban J connectivity index is 1.96. The van der Waals surface area contributed by atoms with Gasteiger partial charge in [-0.2, -0.15) is 13.2 Å². The van der Waals surface area contributed by atoms with Crippen LogP contribution in [0, 0.1) is 0 Å². The van der Waals surface area contributed by atoms with Crippen molar-refractivity contribution in [1.82, 2.24) is 20.1 Å². The molecule has 0 unspecified atom stereocenters. The second kappa shape index (κ2) is 4.59. The summed E-state index contributed by atoms with van der Waals surface area (Å²) < 4.78 is 39.6. The summed E-state index contributed by atoms with van der Waals surface area (Å²) in [5, 5.41) is 11.4. The van der Waals surface area contributed by atoms with E-state index >= 15 is 0 Å². The molecule has 1 aromatic heterocycles. The summed E-state index contributed by atoms with van der Waals surface area (Å²) in [6.45, 7) is 3.37. The fraction of sp³-hybridized carbons (Fsp3) is 0.385. The van der Waals surface area contributed by atoms with Crippen LogP contribution >= 0.6 is 0 Å². The average Bonchev–Trinajstić information content (AvgIpc) is 2.81. The molecule has 0 saturated heterocycles. The van der Waals surface area contributed by atoms with Gasteiger partial charge in [-0.1, -0.05) is 12.1 Å². The Kier molecular flexibility index (Phi) is 3.01. The molecule has 0 bridgehead atoms. The van der Waals surface area contributed by atoms with Gasteiger partial charge in [-0.05, 0) is 19.1 Å². The molecule has 0 fully saturated rings. The SMILES string of the molecule is C[C@H]1Cn2c(nnc2-c2ccc(C(F)(F)F)cc2)CN1. The number of rotatable bonds is 1. The first-order valence-corrected chi connectivity index (χ1v) is 6.28. The zero-order valence-electron chi connectivity index (χ0n) is 10.8. The topological polar surface area (TPSA) is 42.7 Å². The summed E-state index contributed by atoms with van der Waals surface area (Å²) in [7, 11) is 0. The quantitative estimate of drug-likeness (QED) is 0.873. The van der Waals surface area contributed by atoms with Crippen LogP contribution in [0.5, 0.6) is 0 Å². The Labute approximate surface area is 113 Å². The van der Waals surface area contributed by atoms with Crippen molar-refractivity contribution >= 4 is 0 Å². The van der Waals surface area contributed by atoms with Gasteiger partial charge >= 0.3 is 6.18 Å². The highest BCUT2D eigenvalue weighted by Gasteiger charge is 2.30. The standard InChI is InChI=1S/C13H13F3N4/c1-8-7-20-11(6-17-8)18-19-12(20)9-2-4-10(5-3-9)13(14,15)16/h2-5,8,17H,6-7H2,1H3/t8-/m0/s1. The van der Waals surface area contributed by atoms with Gasteiger partial charge < -0.3 is 9.88 Å². The van der Waals surface area contributed by atoms with Gasteiger partial charge in [0.2, 0.25) is 0 Å². The van der Waals surface area contributed by atoms with E-state index in [1.165, 1.54) is 12.1 Å². The summed E-state index contributed by atoms with van der Waals surface area (Å²) in [6.07, 6.45) is -4.32. The molecule has 0 radical (unpaired) electrons. The lowest BCUT2D eigenvalue weighted by molar-refractivity contribution is -0.137. The van der Waals surface area contributed by atoms with Gasteiger partial charge in [0, 0.05) is 18.2 Å². The summed E-state index contributed by atoms with van der Waals surface area (Å²) in [5.41, 5.74) is -0.0134. The molecule has 4 nitrogen and oxygen atoms in total. The van der Waals surface area contributed by atoms with Gasteiger partial charge in [-0.15, -0.1) is 10.2 Å². The lowest BCUT2D eigenvalue weighted by atomic mass is 10.1. The third-order valence-corrected chi connectivity index (χ3v) is 3.36. The highest BCUT2D eigenvalue weighted by atomic mass is 19.4. The summed E-state index contributed by atoms with van der Waals surface area (Å²) >= 11 is 0. The number of hydrogen-bond acceptors (Lipinski definition) is 3. The number of hydrogen-bond donors (Lipinski definition) is 1. The third-order valence-electron chi connectivity index (χ3n) is 3.36. The molecule has 1 aliphatic heterocycles. The van der Waals surface area contributed by atoms with E-state index in [2.05, 4.69) is 15.5 Å². The Hall–Kier alpha value is -1.89. The van der Waals surface area contributed by atoms with E-state index in [1.54, 1.807) is 0 Å². The molecule has 2 aromatic rings. The fourth-order valence-electron chi connectivity index (χ4n) is 2.28. The average molecular weight is 282 g/mol. The third kappa shape index (κ3) is 2.29. The minimum Gasteiger partial charge on any atom is -0.308 e. The zero-order valence-corrected chi connectivity index (χ0v) is 10.8. The van der Waals surface area contributed by atoms with Crippen LogP contribution in [0.2, 0.25) is 0 Å². The minimum atomic E-state index is -4.32. The van der Waals surface area contributed by atoms with Crippen molar-refractivity contribution in [2.24, 2.45) is 0 Å². The van der Waals surface area contributed by atoms with Crippen LogP contribution in [-0.4, -0.2) is 20.8 Å². The van der Waals surface area contributed by atoms with Crippen molar-refractivity contribution in [3.05, 3.63) is 35.7 Å². The number of alkyl halides is 3. The first kappa shape index (κ1) is 13.1. The maximum absolute atomic E-state index is 12.5. The normalized spacial score (nSPS) is 18.9. The number of halogens is 3. The zero-order chi connectivity index (χ0) is 14.3. The molecule has 0 amide bonds. The molecule has 3 rings (SSSR count). The lowest BCUT2D eigenvalue weighted by Gasteiger charge is -2.22. The van der Waals surface area contributed by atoms with Crippen molar-refractivity contribution in [2.45, 2.75) is 32.2 Å². The fourth-order valence-corrected chi connectivity index (χ4v) is 2.28. The van der Waals surface area contributed by atoms with Crippen molar-refractivity contribution in [1.29, 1.82) is 0 Å². The maximum atomic E-state index is 12.5. The highest BCUT2D eigenvalue weighted by molar-refractivity contribution is 5.56. The van der Waals surface area contributed by atoms with Crippen LogP contribution in [0.15, 0.2) is 24.3 Å². The molecular weight excluding hydrogens is 269 g/mol. The summed E-state index contributed by atoms with van der Waals surface area (Å²) in [4.78, 5) is 0. The van der Waals surface area contributed by atoms with Crippen LogP contribution in [0.3, 0.4) is 0 Å². The molecule has 20 heavy (non-hydrogen) atoms. The molecule has 0 saturated carbocycles. The Bertz CT molecular complexity index is 616. The molecular formula is C13H13F3N4. The first-order valence-electron chi connectivity index (χ1n) is 6.28. The van der Waals surface area contributed by atoms with Crippen LogP contribution in [0.25, 0.3) is 11.4 Å². The van der Waals surface area contributed by atoms with Gasteiger partial charge in [0.1, 0.15) is 5.82 Å². The molecule has 1 atom stereocenters. The van der Waals surface area contributed by atoms with E-state index in [0.29, 0.717) is 24.5 Å². The number of nitrogens with one attached hydrogen (secondary N) is 1. The molecule has 7 heteroatoms. The molecule has 0 aliphatic carbocycles. The van der Waals surface area contributed by atoms with Crippen LogP contribution in [0.4, 0.5) is 13.2 Å². The largest absolute Gasteiger partial charge is 0.416 e. The van der Waals surface area contributed by atoms with Gasteiger partial charge in [-0.25, -0.2) is 0 Å². The second-order valence-corrected chi connectivity index (χ2v) is 4.91. The van der Waals surface area contributed by atoms with Crippen molar-refractivity contribution < 1.29 is 13.2 Å². The summed E-state index contributed by atoms with van der Waals surface area (Å²) in [6, 6.07) is 5.30. The van der Waals surface area contributed by atoms with E-state index in [4.69, 9.17) is 0 Å². The van der Waals surface area contributed by atoms with Crippen LogP contribution in [-0.2, 0) is 19.3 Å². The van der Waals surface area contributed by atoms with E-state index < -0.39 is 11.7 Å². The molecule has 106 valence electrons. The first-order chi connectivity index (χ1) is 9.45. The van der Waals surface area contributed by atoms with Gasteiger partial charge in [0.05, 0.1) is 12.1 Å². The molecule has 0 spiro atoms. The number of benzene rings is 1. The Morgan fingerprint density at radius 1 is 1.20 bits per heavy atom. The van der Waals surface area contributed by atoms with E-state index in [9.17, 15) is 13.2 Å². The monoisotopic (exact) mass is 282 g/mol. The highest BCUT2D eigenvalue weighted by Crippen LogP contribution is 2.31. The van der Waals surface area contributed by atoms with Crippen molar-refractivity contribution in [3.8, 4) is 11.4 Å². The second-order valence-electron chi connectivity index (χ2n) is 4.91. The van der Waals surface area contributed by atoms with Crippen LogP contribution < -0.4 is 5.32 Å². The predicted molar refractivity (Wildman–Crippen MR) is 66.8 cm³/mol. The minimum absolute atomic E-state index is 0.284. The predicted octanol–water partition coefficient (Wildman–Crippen LogP) is 2.46. The lowest BCUT2D eigenvalue weighted by Crippen LogP contribution is -2.36. The number of aromatic nitrogens is 3. The van der Waals surface area contributed by atoms with E-state index in [0.717, 1.165) is 18.0 Å². The van der Waals surface area contributed by atoms with Gasteiger partial charge in [0.15, 0.2) is 5.82 Å². The molecule has 1 N–H and O–H groups in total. The molecule has 1 aliphatic rings. The number of fused-ring (bicyclic) bond motifs is 1. The smallest absolute Gasteiger partial charge is 0.308 e. The van der Waals surface area contributed by atoms with Crippen LogP contribution in [0.1, 0.15) is 18.3 Å². The maximum Gasteiger partial charge on any atom is 0.416 e. The summed E-state index contributed by atoms with van der Waals surface area (Å²) in [5.74, 6) is 1.42. The number of nitrogens with zero attached hydrogens (tertiary/aromatic N) is 3. The Morgan fingerprint density at radius 3 is 2.55 bits per heavy atom. The van der Waals surface area contributed by atoms with Crippen molar-refractivity contribution in [2.75, 3.05) is 0 Å². The van der Waals surface area contributed by atoms with Gasteiger partial charge in [0.25, 0.3) is 0 Å². The Morgan fingerprint density at radius 2 is 1.90 bits per heavy atom. The van der Waals surface area contributed by atoms with E-state index in [-0.39, 0.29) is 6.04 Å². The molecule has 1 aromatic carbocycles. The van der Waals surface area contributed by atoms with Gasteiger partial charge in [-0.3, -0.25) is 0 Å².